The molecule has 4 aromatic rings. The summed E-state index contributed by atoms with van der Waals surface area (Å²) in [4.78, 5) is 29.0. The van der Waals surface area contributed by atoms with Crippen molar-refractivity contribution in [3.05, 3.63) is 131 Å². The lowest BCUT2D eigenvalue weighted by atomic mass is 9.98. The maximum absolute atomic E-state index is 13.5. The van der Waals surface area contributed by atoms with Crippen molar-refractivity contribution in [2.24, 2.45) is 0 Å². The summed E-state index contributed by atoms with van der Waals surface area (Å²) in [6.45, 7) is 1.97. The van der Waals surface area contributed by atoms with Crippen molar-refractivity contribution in [2.75, 3.05) is 20.1 Å². The largest absolute Gasteiger partial charge is 0.354 e. The van der Waals surface area contributed by atoms with Gasteiger partial charge in [-0.05, 0) is 67.2 Å². The van der Waals surface area contributed by atoms with E-state index in [1.165, 1.54) is 0 Å². The second-order valence-corrected chi connectivity index (χ2v) is 10.3. The van der Waals surface area contributed by atoms with Gasteiger partial charge in [-0.1, -0.05) is 109 Å². The van der Waals surface area contributed by atoms with Crippen LogP contribution in [0.15, 0.2) is 109 Å². The van der Waals surface area contributed by atoms with Crippen LogP contribution in [0.2, 0.25) is 5.02 Å². The molecule has 0 fully saturated rings. The van der Waals surface area contributed by atoms with Gasteiger partial charge >= 0.3 is 0 Å². The van der Waals surface area contributed by atoms with E-state index in [9.17, 15) is 9.59 Å². The zero-order valence-electron chi connectivity index (χ0n) is 22.9. The first kappa shape index (κ1) is 29.1. The van der Waals surface area contributed by atoms with Crippen molar-refractivity contribution < 1.29 is 9.59 Å². The minimum Gasteiger partial charge on any atom is -0.354 e. The van der Waals surface area contributed by atoms with Gasteiger partial charge in [-0.15, -0.1) is 0 Å². The molecule has 0 unspecified atom stereocenters. The van der Waals surface area contributed by atoms with E-state index >= 15 is 0 Å². The molecule has 5 nitrogen and oxygen atoms in total. The van der Waals surface area contributed by atoms with Crippen LogP contribution in [-0.2, 0) is 17.8 Å². The first-order valence-corrected chi connectivity index (χ1v) is 14.1. The van der Waals surface area contributed by atoms with E-state index in [-0.39, 0.29) is 11.8 Å². The Bertz CT molecular complexity index is 1380. The van der Waals surface area contributed by atoms with Crippen molar-refractivity contribution in [2.45, 2.75) is 31.8 Å². The van der Waals surface area contributed by atoms with Crippen LogP contribution < -0.4 is 10.6 Å². The van der Waals surface area contributed by atoms with E-state index in [0.717, 1.165) is 46.7 Å². The van der Waals surface area contributed by atoms with Gasteiger partial charge in [0.2, 0.25) is 5.91 Å². The number of amides is 2. The summed E-state index contributed by atoms with van der Waals surface area (Å²) >= 11 is 6.33. The number of nitrogens with zero attached hydrogens (tertiary/aromatic N) is 1. The number of benzene rings is 4. The van der Waals surface area contributed by atoms with Crippen LogP contribution in [0.4, 0.5) is 0 Å². The Labute approximate surface area is 242 Å². The van der Waals surface area contributed by atoms with Crippen LogP contribution in [-0.4, -0.2) is 42.9 Å². The highest BCUT2D eigenvalue weighted by molar-refractivity contribution is 6.31. The van der Waals surface area contributed by atoms with Crippen LogP contribution in [0, 0.1) is 0 Å². The molecule has 0 aliphatic rings. The molecule has 0 aliphatic heterocycles. The Morgan fingerprint density at radius 1 is 0.825 bits per heavy atom. The third kappa shape index (κ3) is 8.54. The molecule has 40 heavy (non-hydrogen) atoms. The van der Waals surface area contributed by atoms with Crippen molar-refractivity contribution in [1.82, 2.24) is 15.5 Å². The Morgan fingerprint density at radius 3 is 2.23 bits per heavy atom. The van der Waals surface area contributed by atoms with E-state index in [0.29, 0.717) is 25.1 Å². The standard InChI is InChI=1S/C34H36ClN3O2/c1-38(25-28-17-8-11-20-31(28)35)24-12-21-32(34(40)36-23-22-26-13-4-2-5-14-26)37-33(39)30-19-10-9-18-29(30)27-15-6-3-7-16-27/h2-11,13-20,32H,12,21-25H2,1H3,(H,36,40)(H,37,39)/t32-/m0/s1. The van der Waals surface area contributed by atoms with Gasteiger partial charge in [0.1, 0.15) is 6.04 Å². The van der Waals surface area contributed by atoms with Gasteiger partial charge in [-0.25, -0.2) is 0 Å². The van der Waals surface area contributed by atoms with E-state index in [2.05, 4.69) is 15.5 Å². The van der Waals surface area contributed by atoms with Gasteiger partial charge in [-0.3, -0.25) is 9.59 Å². The molecule has 1 atom stereocenters. The number of hydrogen-bond acceptors (Lipinski definition) is 3. The minimum absolute atomic E-state index is 0.171. The smallest absolute Gasteiger partial charge is 0.252 e. The fourth-order valence-corrected chi connectivity index (χ4v) is 4.91. The van der Waals surface area contributed by atoms with E-state index < -0.39 is 6.04 Å². The molecule has 6 heteroatoms. The summed E-state index contributed by atoms with van der Waals surface area (Å²) in [7, 11) is 2.03. The highest BCUT2D eigenvalue weighted by Gasteiger charge is 2.23. The van der Waals surface area contributed by atoms with Crippen molar-refractivity contribution in [1.29, 1.82) is 0 Å². The molecule has 4 aromatic carbocycles. The van der Waals surface area contributed by atoms with Gasteiger partial charge in [-0.2, -0.15) is 0 Å². The number of halogens is 1. The van der Waals surface area contributed by atoms with E-state index in [1.807, 2.05) is 110 Å². The Hall–Kier alpha value is -3.93. The molecule has 2 N–H and O–H groups in total. The quantitative estimate of drug-likeness (QED) is 0.202. The summed E-state index contributed by atoms with van der Waals surface area (Å²) in [5.74, 6) is -0.428. The Morgan fingerprint density at radius 2 is 1.48 bits per heavy atom. The molecule has 0 saturated carbocycles. The van der Waals surface area contributed by atoms with Crippen LogP contribution in [0.5, 0.6) is 0 Å². The number of nitrogens with one attached hydrogen (secondary N) is 2. The summed E-state index contributed by atoms with van der Waals surface area (Å²) in [6, 6.07) is 34.5. The van der Waals surface area contributed by atoms with Gasteiger partial charge in [0.15, 0.2) is 0 Å². The molecule has 2 amide bonds. The van der Waals surface area contributed by atoms with E-state index in [1.54, 1.807) is 6.07 Å². The summed E-state index contributed by atoms with van der Waals surface area (Å²) in [5.41, 5.74) is 4.56. The van der Waals surface area contributed by atoms with Crippen molar-refractivity contribution >= 4 is 23.4 Å². The zero-order valence-corrected chi connectivity index (χ0v) is 23.6. The van der Waals surface area contributed by atoms with Crippen molar-refractivity contribution in [3.8, 4) is 11.1 Å². The summed E-state index contributed by atoms with van der Waals surface area (Å²) in [6.07, 6.45) is 1.98. The van der Waals surface area contributed by atoms with Gasteiger partial charge in [0.05, 0.1) is 0 Å². The van der Waals surface area contributed by atoms with E-state index in [4.69, 9.17) is 11.6 Å². The predicted molar refractivity (Wildman–Crippen MR) is 163 cm³/mol. The predicted octanol–water partition coefficient (Wildman–Crippen LogP) is 6.38. The molecule has 0 saturated heterocycles. The summed E-state index contributed by atoms with van der Waals surface area (Å²) in [5, 5.41) is 6.81. The summed E-state index contributed by atoms with van der Waals surface area (Å²) < 4.78 is 0. The normalized spacial score (nSPS) is 11.7. The fourth-order valence-electron chi connectivity index (χ4n) is 4.72. The lowest BCUT2D eigenvalue weighted by molar-refractivity contribution is -0.123. The SMILES string of the molecule is CN(CCC[C@H](NC(=O)c1ccccc1-c1ccccc1)C(=O)NCCc1ccccc1)Cc1ccccc1Cl. The topological polar surface area (TPSA) is 61.4 Å². The number of rotatable bonds is 13. The van der Waals surface area contributed by atoms with Gasteiger partial charge in [0.25, 0.3) is 5.91 Å². The number of hydrogen-bond donors (Lipinski definition) is 2. The molecule has 0 aliphatic carbocycles. The molecule has 0 aromatic heterocycles. The highest BCUT2D eigenvalue weighted by atomic mass is 35.5. The lowest BCUT2D eigenvalue weighted by Crippen LogP contribution is -2.47. The van der Waals surface area contributed by atoms with Crippen LogP contribution in [0.3, 0.4) is 0 Å². The molecule has 0 radical (unpaired) electrons. The average molecular weight is 554 g/mol. The van der Waals surface area contributed by atoms with Crippen LogP contribution >= 0.6 is 11.6 Å². The Kier molecular flexibility index (Phi) is 10.9. The monoisotopic (exact) mass is 553 g/mol. The molecule has 206 valence electrons. The zero-order chi connectivity index (χ0) is 28.2. The maximum Gasteiger partial charge on any atom is 0.252 e. The van der Waals surface area contributed by atoms with Gasteiger partial charge < -0.3 is 15.5 Å². The third-order valence-electron chi connectivity index (χ3n) is 6.86. The Balaban J connectivity index is 1.42. The molecule has 4 rings (SSSR count). The first-order valence-electron chi connectivity index (χ1n) is 13.7. The van der Waals surface area contributed by atoms with Gasteiger partial charge in [0, 0.05) is 23.7 Å². The first-order chi connectivity index (χ1) is 19.5. The fraction of sp³-hybridized carbons (Fsp3) is 0.235. The second kappa shape index (κ2) is 15.0. The molecule has 0 spiro atoms. The molecule has 0 heterocycles. The third-order valence-corrected chi connectivity index (χ3v) is 7.23. The lowest BCUT2D eigenvalue weighted by Gasteiger charge is -2.22. The van der Waals surface area contributed by atoms with Crippen LogP contribution in [0.1, 0.15) is 34.3 Å². The minimum atomic E-state index is -0.652. The molecular formula is C34H36ClN3O2. The maximum atomic E-state index is 13.5. The number of carbonyl (C=O) groups excluding carboxylic acids is 2. The number of carbonyl (C=O) groups is 2. The van der Waals surface area contributed by atoms with Crippen molar-refractivity contribution in [3.63, 3.8) is 0 Å². The molecular weight excluding hydrogens is 518 g/mol. The van der Waals surface area contributed by atoms with Crippen LogP contribution in [0.25, 0.3) is 11.1 Å². The molecule has 0 bridgehead atoms. The second-order valence-electron chi connectivity index (χ2n) is 9.94. The highest BCUT2D eigenvalue weighted by Crippen LogP contribution is 2.23. The average Bonchev–Trinajstić information content (AvgIpc) is 2.98.